The van der Waals surface area contributed by atoms with Crippen LogP contribution in [0.3, 0.4) is 0 Å². The minimum Gasteiger partial charge on any atom is -0.440 e. The van der Waals surface area contributed by atoms with E-state index in [2.05, 4.69) is 11.3 Å². The first-order valence-electron chi connectivity index (χ1n) is 4.71. The van der Waals surface area contributed by atoms with Crippen LogP contribution in [0.15, 0.2) is 12.7 Å². The molecule has 0 aliphatic heterocycles. The van der Waals surface area contributed by atoms with Crippen LogP contribution in [0.1, 0.15) is 32.6 Å². The predicted molar refractivity (Wildman–Crippen MR) is 55.8 cm³/mol. The number of ether oxygens (including phenoxy) is 1. The molecule has 0 saturated heterocycles. The molecule has 0 radical (unpaired) electrons. The molecule has 0 spiro atoms. The Labute approximate surface area is 89.9 Å². The van der Waals surface area contributed by atoms with Crippen LogP contribution in [0.4, 0.5) is 0 Å². The summed E-state index contributed by atoms with van der Waals surface area (Å²) in [6, 6.07) is 0. The Hall–Kier alpha value is -0.880. The Morgan fingerprint density at radius 1 is 1.53 bits per heavy atom. The van der Waals surface area contributed by atoms with E-state index in [0.29, 0.717) is 6.42 Å². The van der Waals surface area contributed by atoms with Gasteiger partial charge in [0.1, 0.15) is 0 Å². The largest absolute Gasteiger partial charge is 0.440 e. The number of unbranched alkanes of at least 4 members (excludes halogenated alkanes) is 2. The monoisotopic (exact) mass is 236 g/mol. The standard InChI is InChI=1S/C9H16O5S/c1-3-5-6-7-9(15(11,12)13)14-8(10)4-2/h4,9H,2-3,5-7H2,1H3,(H,11,12,13). The molecule has 1 atom stereocenters. The average molecular weight is 236 g/mol. The number of hydrogen-bond acceptors (Lipinski definition) is 4. The van der Waals surface area contributed by atoms with Gasteiger partial charge in [0.2, 0.25) is 5.44 Å². The lowest BCUT2D eigenvalue weighted by Crippen LogP contribution is -2.26. The highest BCUT2D eigenvalue weighted by molar-refractivity contribution is 7.86. The summed E-state index contributed by atoms with van der Waals surface area (Å²) in [5, 5.41) is 0. The fraction of sp³-hybridized carbons (Fsp3) is 0.667. The molecule has 1 unspecified atom stereocenters. The summed E-state index contributed by atoms with van der Waals surface area (Å²) in [6.45, 7) is 5.10. The van der Waals surface area contributed by atoms with E-state index in [-0.39, 0.29) is 6.42 Å². The van der Waals surface area contributed by atoms with E-state index in [1.54, 1.807) is 0 Å². The van der Waals surface area contributed by atoms with Gasteiger partial charge in [0.05, 0.1) is 0 Å². The molecule has 0 aromatic heterocycles. The van der Waals surface area contributed by atoms with Crippen molar-refractivity contribution in [3.8, 4) is 0 Å². The molecule has 0 fully saturated rings. The summed E-state index contributed by atoms with van der Waals surface area (Å²) < 4.78 is 34.9. The number of carbonyl (C=O) groups excluding carboxylic acids is 1. The third-order valence-corrected chi connectivity index (χ3v) is 2.79. The Kier molecular flexibility index (Phi) is 6.19. The number of esters is 1. The third kappa shape index (κ3) is 6.24. The molecule has 15 heavy (non-hydrogen) atoms. The van der Waals surface area contributed by atoms with Gasteiger partial charge in [-0.15, -0.1) is 0 Å². The van der Waals surface area contributed by atoms with Gasteiger partial charge in [-0.3, -0.25) is 4.55 Å². The van der Waals surface area contributed by atoms with Crippen LogP contribution < -0.4 is 0 Å². The van der Waals surface area contributed by atoms with Crippen LogP contribution in [0.5, 0.6) is 0 Å². The summed E-state index contributed by atoms with van der Waals surface area (Å²) in [6.07, 6.45) is 3.26. The summed E-state index contributed by atoms with van der Waals surface area (Å²) >= 11 is 0. The minimum absolute atomic E-state index is 0.103. The molecule has 0 aromatic rings. The van der Waals surface area contributed by atoms with Crippen molar-refractivity contribution in [3.63, 3.8) is 0 Å². The van der Waals surface area contributed by atoms with Crippen molar-refractivity contribution in [3.05, 3.63) is 12.7 Å². The molecule has 0 saturated carbocycles. The van der Waals surface area contributed by atoms with Crippen molar-refractivity contribution in [1.29, 1.82) is 0 Å². The van der Waals surface area contributed by atoms with Crippen LogP contribution in [-0.2, 0) is 19.6 Å². The quantitative estimate of drug-likeness (QED) is 0.313. The smallest absolute Gasteiger partial charge is 0.331 e. The Bertz CT molecular complexity index is 306. The van der Waals surface area contributed by atoms with Crippen molar-refractivity contribution < 1.29 is 22.5 Å². The highest BCUT2D eigenvalue weighted by atomic mass is 32.2. The van der Waals surface area contributed by atoms with Gasteiger partial charge in [0, 0.05) is 12.5 Å². The molecule has 88 valence electrons. The fourth-order valence-electron chi connectivity index (χ4n) is 1.01. The Balaban J connectivity index is 4.33. The van der Waals surface area contributed by atoms with Crippen molar-refractivity contribution in [2.45, 2.75) is 38.0 Å². The number of carbonyl (C=O) groups is 1. The molecule has 0 rings (SSSR count). The van der Waals surface area contributed by atoms with E-state index >= 15 is 0 Å². The van der Waals surface area contributed by atoms with Gasteiger partial charge in [-0.1, -0.05) is 26.3 Å². The summed E-state index contributed by atoms with van der Waals surface area (Å²) in [7, 11) is -4.34. The molecular weight excluding hydrogens is 220 g/mol. The van der Waals surface area contributed by atoms with Crippen molar-refractivity contribution in [1.82, 2.24) is 0 Å². The summed E-state index contributed by atoms with van der Waals surface area (Å²) in [4.78, 5) is 10.8. The van der Waals surface area contributed by atoms with Crippen LogP contribution in [0.25, 0.3) is 0 Å². The van der Waals surface area contributed by atoms with E-state index < -0.39 is 21.5 Å². The summed E-state index contributed by atoms with van der Waals surface area (Å²) in [5.74, 6) is -0.853. The molecule has 0 bridgehead atoms. The lowest BCUT2D eigenvalue weighted by atomic mass is 10.2. The molecule has 1 N–H and O–H groups in total. The zero-order chi connectivity index (χ0) is 11.9. The highest BCUT2D eigenvalue weighted by Crippen LogP contribution is 2.12. The second-order valence-electron chi connectivity index (χ2n) is 3.08. The molecule has 5 nitrogen and oxygen atoms in total. The van der Waals surface area contributed by atoms with Crippen molar-refractivity contribution in [2.75, 3.05) is 0 Å². The maximum absolute atomic E-state index is 10.8. The second kappa shape index (κ2) is 6.58. The maximum Gasteiger partial charge on any atom is 0.331 e. The SMILES string of the molecule is C=CC(=O)OC(CCCCC)S(=O)(=O)O. The van der Waals surface area contributed by atoms with Gasteiger partial charge in [-0.2, -0.15) is 8.42 Å². The molecule has 0 aliphatic carbocycles. The van der Waals surface area contributed by atoms with Crippen molar-refractivity contribution in [2.24, 2.45) is 0 Å². The average Bonchev–Trinajstić information content (AvgIpc) is 2.14. The maximum atomic E-state index is 10.8. The first-order valence-corrected chi connectivity index (χ1v) is 6.21. The van der Waals surface area contributed by atoms with E-state index in [9.17, 15) is 13.2 Å². The topological polar surface area (TPSA) is 80.7 Å². The first kappa shape index (κ1) is 14.1. The van der Waals surface area contributed by atoms with Crippen LogP contribution in [0, 0.1) is 0 Å². The zero-order valence-corrected chi connectivity index (χ0v) is 9.50. The van der Waals surface area contributed by atoms with Gasteiger partial charge in [-0.05, 0) is 6.42 Å². The molecular formula is C9H16O5S. The fourth-order valence-corrected chi connectivity index (χ4v) is 1.69. The second-order valence-corrected chi connectivity index (χ2v) is 4.64. The Morgan fingerprint density at radius 2 is 2.13 bits per heavy atom. The molecule has 0 aliphatic rings. The van der Waals surface area contributed by atoms with E-state index in [4.69, 9.17) is 4.55 Å². The predicted octanol–water partition coefficient (Wildman–Crippen LogP) is 1.51. The van der Waals surface area contributed by atoms with Gasteiger partial charge in [0.15, 0.2) is 0 Å². The molecule has 6 heteroatoms. The third-order valence-electron chi connectivity index (χ3n) is 1.79. The van der Waals surface area contributed by atoms with Crippen LogP contribution >= 0.6 is 0 Å². The minimum atomic E-state index is -4.34. The molecule has 0 aromatic carbocycles. The van der Waals surface area contributed by atoms with E-state index in [0.717, 1.165) is 18.9 Å². The van der Waals surface area contributed by atoms with Crippen molar-refractivity contribution >= 4 is 16.1 Å². The molecule has 0 amide bonds. The van der Waals surface area contributed by atoms with E-state index in [1.807, 2.05) is 6.92 Å². The van der Waals surface area contributed by atoms with Gasteiger partial charge < -0.3 is 4.74 Å². The van der Waals surface area contributed by atoms with Crippen LogP contribution in [-0.4, -0.2) is 24.4 Å². The van der Waals surface area contributed by atoms with E-state index in [1.165, 1.54) is 0 Å². The first-order chi connectivity index (χ1) is 6.91. The lowest BCUT2D eigenvalue weighted by molar-refractivity contribution is -0.140. The lowest BCUT2D eigenvalue weighted by Gasteiger charge is -2.13. The van der Waals surface area contributed by atoms with Gasteiger partial charge >= 0.3 is 16.1 Å². The zero-order valence-electron chi connectivity index (χ0n) is 8.68. The van der Waals surface area contributed by atoms with Gasteiger partial charge in [-0.25, -0.2) is 4.79 Å². The van der Waals surface area contributed by atoms with Gasteiger partial charge in [0.25, 0.3) is 0 Å². The van der Waals surface area contributed by atoms with Crippen LogP contribution in [0.2, 0.25) is 0 Å². The highest BCUT2D eigenvalue weighted by Gasteiger charge is 2.25. The summed E-state index contributed by atoms with van der Waals surface area (Å²) in [5.41, 5.74) is -1.48. The number of rotatable bonds is 7. The Morgan fingerprint density at radius 3 is 2.53 bits per heavy atom. The molecule has 0 heterocycles. The number of hydrogen-bond donors (Lipinski definition) is 1. The normalized spacial score (nSPS) is 13.2.